The number of phenolic OH excluding ortho intramolecular Hbond substituents is 2. The van der Waals surface area contributed by atoms with Crippen LogP contribution in [0.25, 0.3) is 0 Å². The summed E-state index contributed by atoms with van der Waals surface area (Å²) in [4.78, 5) is 12.0. The van der Waals surface area contributed by atoms with Gasteiger partial charge in [-0.25, -0.2) is 0 Å². The summed E-state index contributed by atoms with van der Waals surface area (Å²) < 4.78 is 0. The van der Waals surface area contributed by atoms with Gasteiger partial charge in [-0.2, -0.15) is 0 Å². The summed E-state index contributed by atoms with van der Waals surface area (Å²) in [5.41, 5.74) is 1.03. The van der Waals surface area contributed by atoms with E-state index in [9.17, 15) is 15.0 Å². The van der Waals surface area contributed by atoms with E-state index in [1.165, 1.54) is 18.2 Å². The van der Waals surface area contributed by atoms with Crippen LogP contribution in [0.15, 0.2) is 48.5 Å². The molecule has 0 heterocycles. The number of rotatable bonds is 4. The number of phenols is 2. The van der Waals surface area contributed by atoms with Crippen molar-refractivity contribution >= 4 is 5.91 Å². The Kier molecular flexibility index (Phi) is 4.25. The van der Waals surface area contributed by atoms with E-state index in [2.05, 4.69) is 5.32 Å². The lowest BCUT2D eigenvalue weighted by atomic mass is 10.0. The van der Waals surface area contributed by atoms with Crippen LogP contribution in [0.3, 0.4) is 0 Å². The van der Waals surface area contributed by atoms with Gasteiger partial charge in [0.15, 0.2) is 0 Å². The second kappa shape index (κ2) is 6.10. The molecule has 0 aliphatic heterocycles. The molecule has 0 aromatic heterocycles. The van der Waals surface area contributed by atoms with E-state index in [4.69, 9.17) is 0 Å². The number of benzene rings is 2. The minimum Gasteiger partial charge on any atom is -0.507 e. The lowest BCUT2D eigenvalue weighted by Gasteiger charge is -2.14. The number of hydrogen-bond donors (Lipinski definition) is 3. The lowest BCUT2D eigenvalue weighted by molar-refractivity contribution is 0.0946. The van der Waals surface area contributed by atoms with Gasteiger partial charge < -0.3 is 15.5 Å². The summed E-state index contributed by atoms with van der Waals surface area (Å²) in [6.07, 6.45) is 0. The minimum atomic E-state index is -0.483. The Morgan fingerprint density at radius 2 is 1.65 bits per heavy atom. The maximum absolute atomic E-state index is 12.0. The highest BCUT2D eigenvalue weighted by atomic mass is 16.3. The van der Waals surface area contributed by atoms with Gasteiger partial charge in [-0.15, -0.1) is 0 Å². The monoisotopic (exact) mass is 271 g/mol. The third-order valence-electron chi connectivity index (χ3n) is 3.18. The molecule has 0 spiro atoms. The molecule has 1 atom stereocenters. The molecule has 0 radical (unpaired) electrons. The molecule has 0 saturated carbocycles. The van der Waals surface area contributed by atoms with Gasteiger partial charge in [0.25, 0.3) is 5.91 Å². The van der Waals surface area contributed by atoms with Gasteiger partial charge in [0.2, 0.25) is 0 Å². The average Bonchev–Trinajstić information content (AvgIpc) is 2.45. The van der Waals surface area contributed by atoms with Gasteiger partial charge in [-0.1, -0.05) is 43.3 Å². The fourth-order valence-electron chi connectivity index (χ4n) is 1.99. The molecule has 2 aromatic rings. The molecule has 2 aromatic carbocycles. The Labute approximate surface area is 117 Å². The van der Waals surface area contributed by atoms with E-state index in [-0.39, 0.29) is 23.0 Å². The number of aromatic hydroxyl groups is 2. The van der Waals surface area contributed by atoms with E-state index >= 15 is 0 Å². The first-order valence-corrected chi connectivity index (χ1v) is 6.43. The quantitative estimate of drug-likeness (QED) is 0.800. The largest absolute Gasteiger partial charge is 0.507 e. The van der Waals surface area contributed by atoms with Gasteiger partial charge in [0.05, 0.1) is 0 Å². The Morgan fingerprint density at radius 3 is 2.25 bits per heavy atom. The summed E-state index contributed by atoms with van der Waals surface area (Å²) >= 11 is 0. The van der Waals surface area contributed by atoms with Crippen molar-refractivity contribution in [2.45, 2.75) is 12.8 Å². The Morgan fingerprint density at radius 1 is 1.05 bits per heavy atom. The minimum absolute atomic E-state index is 0.0900. The van der Waals surface area contributed by atoms with Crippen molar-refractivity contribution in [1.29, 1.82) is 0 Å². The van der Waals surface area contributed by atoms with E-state index in [0.29, 0.717) is 6.54 Å². The van der Waals surface area contributed by atoms with Crippen LogP contribution in [0.2, 0.25) is 0 Å². The smallest absolute Gasteiger partial charge is 0.258 e. The molecule has 20 heavy (non-hydrogen) atoms. The second-order valence-electron chi connectivity index (χ2n) is 4.69. The molecule has 0 bridgehead atoms. The fraction of sp³-hybridized carbons (Fsp3) is 0.188. The topological polar surface area (TPSA) is 69.6 Å². The summed E-state index contributed by atoms with van der Waals surface area (Å²) in [7, 11) is 0. The molecular formula is C16H17NO3. The number of carbonyl (C=O) groups excluding carboxylic acids is 1. The van der Waals surface area contributed by atoms with Crippen LogP contribution < -0.4 is 5.32 Å². The summed E-state index contributed by atoms with van der Waals surface area (Å²) in [6, 6.07) is 14.0. The van der Waals surface area contributed by atoms with Gasteiger partial charge in [-0.3, -0.25) is 4.79 Å². The van der Waals surface area contributed by atoms with Crippen LogP contribution >= 0.6 is 0 Å². The van der Waals surface area contributed by atoms with E-state index in [1.807, 2.05) is 37.3 Å². The summed E-state index contributed by atoms with van der Waals surface area (Å²) in [5, 5.41) is 22.0. The normalized spacial score (nSPS) is 11.8. The maximum atomic E-state index is 12.0. The standard InChI is InChI=1S/C16H17NO3/c1-11(12-6-3-2-4-7-12)10-17-16(20)15-13(18)8-5-9-14(15)19/h2-9,11,18-19H,10H2,1H3,(H,17,20). The zero-order chi connectivity index (χ0) is 14.5. The van der Waals surface area contributed by atoms with Crippen LogP contribution in [0.4, 0.5) is 0 Å². The van der Waals surface area contributed by atoms with Gasteiger partial charge in [0, 0.05) is 6.54 Å². The molecule has 104 valence electrons. The Bertz CT molecular complexity index is 576. The predicted octanol–water partition coefficient (Wildman–Crippen LogP) is 2.63. The molecule has 3 N–H and O–H groups in total. The van der Waals surface area contributed by atoms with Crippen LogP contribution in [-0.4, -0.2) is 22.7 Å². The van der Waals surface area contributed by atoms with E-state index in [0.717, 1.165) is 5.56 Å². The highest BCUT2D eigenvalue weighted by Gasteiger charge is 2.16. The third kappa shape index (κ3) is 3.09. The first-order chi connectivity index (χ1) is 9.59. The predicted molar refractivity (Wildman–Crippen MR) is 77.0 cm³/mol. The Balaban J connectivity index is 2.03. The first kappa shape index (κ1) is 13.9. The van der Waals surface area contributed by atoms with Crippen LogP contribution in [0.5, 0.6) is 11.5 Å². The number of carbonyl (C=O) groups is 1. The van der Waals surface area contributed by atoms with Crippen LogP contribution in [-0.2, 0) is 0 Å². The Hall–Kier alpha value is -2.49. The van der Waals surface area contributed by atoms with Crippen molar-refractivity contribution in [3.8, 4) is 11.5 Å². The molecule has 0 aliphatic carbocycles. The van der Waals surface area contributed by atoms with Gasteiger partial charge >= 0.3 is 0 Å². The summed E-state index contributed by atoms with van der Waals surface area (Å²) in [5.74, 6) is -0.791. The molecule has 4 heteroatoms. The van der Waals surface area contributed by atoms with Gasteiger partial charge in [-0.05, 0) is 23.6 Å². The SMILES string of the molecule is CC(CNC(=O)c1c(O)cccc1O)c1ccccc1. The van der Waals surface area contributed by atoms with Crippen molar-refractivity contribution < 1.29 is 15.0 Å². The van der Waals surface area contributed by atoms with Crippen molar-refractivity contribution in [2.75, 3.05) is 6.54 Å². The zero-order valence-electron chi connectivity index (χ0n) is 11.2. The lowest BCUT2D eigenvalue weighted by Crippen LogP contribution is -2.27. The molecule has 0 saturated heterocycles. The highest BCUT2D eigenvalue weighted by molar-refractivity contribution is 5.99. The van der Waals surface area contributed by atoms with Crippen LogP contribution in [0.1, 0.15) is 28.8 Å². The molecule has 1 amide bonds. The van der Waals surface area contributed by atoms with Crippen LogP contribution in [0, 0.1) is 0 Å². The van der Waals surface area contributed by atoms with Crippen molar-refractivity contribution in [1.82, 2.24) is 5.32 Å². The molecule has 2 rings (SSSR count). The number of hydrogen-bond acceptors (Lipinski definition) is 3. The van der Waals surface area contributed by atoms with Crippen molar-refractivity contribution in [3.05, 3.63) is 59.7 Å². The molecule has 4 nitrogen and oxygen atoms in total. The second-order valence-corrected chi connectivity index (χ2v) is 4.69. The molecular weight excluding hydrogens is 254 g/mol. The van der Waals surface area contributed by atoms with Crippen molar-refractivity contribution in [2.24, 2.45) is 0 Å². The number of nitrogens with one attached hydrogen (secondary N) is 1. The van der Waals surface area contributed by atoms with Gasteiger partial charge in [0.1, 0.15) is 17.1 Å². The van der Waals surface area contributed by atoms with Crippen molar-refractivity contribution in [3.63, 3.8) is 0 Å². The highest BCUT2D eigenvalue weighted by Crippen LogP contribution is 2.26. The molecule has 0 fully saturated rings. The molecule has 0 aliphatic rings. The summed E-state index contributed by atoms with van der Waals surface area (Å²) in [6.45, 7) is 2.43. The maximum Gasteiger partial charge on any atom is 0.258 e. The zero-order valence-corrected chi connectivity index (χ0v) is 11.2. The number of amides is 1. The fourth-order valence-corrected chi connectivity index (χ4v) is 1.99. The third-order valence-corrected chi connectivity index (χ3v) is 3.18. The first-order valence-electron chi connectivity index (χ1n) is 6.43. The molecule has 1 unspecified atom stereocenters. The van der Waals surface area contributed by atoms with E-state index in [1.54, 1.807) is 0 Å². The average molecular weight is 271 g/mol. The van der Waals surface area contributed by atoms with E-state index < -0.39 is 5.91 Å².